The number of benzene rings is 2. The Hall–Kier alpha value is -2.53. The number of carbonyl (C=O) groups excluding carboxylic acids is 1. The normalized spacial score (nSPS) is 12.4. The van der Waals surface area contributed by atoms with Crippen LogP contribution in [0, 0.1) is 0 Å². The van der Waals surface area contributed by atoms with E-state index >= 15 is 0 Å². The molecule has 3 rings (SSSR count). The molecule has 0 saturated heterocycles. The van der Waals surface area contributed by atoms with Gasteiger partial charge in [0.1, 0.15) is 11.5 Å². The third-order valence-corrected chi connectivity index (χ3v) is 4.51. The highest BCUT2D eigenvalue weighted by molar-refractivity contribution is 5.80. The van der Waals surface area contributed by atoms with Gasteiger partial charge in [-0.15, -0.1) is 0 Å². The summed E-state index contributed by atoms with van der Waals surface area (Å²) in [7, 11) is 3.37. The monoisotopic (exact) mass is 341 g/mol. The number of amides is 1. The first-order valence-corrected chi connectivity index (χ1v) is 8.38. The molecule has 2 aromatic carbocycles. The summed E-state index contributed by atoms with van der Waals surface area (Å²) in [5.74, 6) is 1.79. The average Bonchev–Trinajstić information content (AvgIpc) is 2.93. The van der Waals surface area contributed by atoms with Crippen LogP contribution in [0.15, 0.2) is 36.4 Å². The second kappa shape index (κ2) is 7.57. The van der Waals surface area contributed by atoms with Crippen LogP contribution in [0.2, 0.25) is 0 Å². The van der Waals surface area contributed by atoms with Crippen molar-refractivity contribution < 1.29 is 19.1 Å². The van der Waals surface area contributed by atoms with Gasteiger partial charge in [0.15, 0.2) is 0 Å². The van der Waals surface area contributed by atoms with Crippen molar-refractivity contribution in [1.82, 2.24) is 5.48 Å². The topological polar surface area (TPSA) is 56.8 Å². The molecular formula is C20H23NO4. The number of hydrogen-bond donors (Lipinski definition) is 1. The van der Waals surface area contributed by atoms with E-state index in [9.17, 15) is 4.79 Å². The summed E-state index contributed by atoms with van der Waals surface area (Å²) >= 11 is 0. The molecule has 0 fully saturated rings. The Kier molecular flexibility index (Phi) is 5.24. The van der Waals surface area contributed by atoms with Gasteiger partial charge in [0, 0.05) is 12.8 Å². The first kappa shape index (κ1) is 17.3. The van der Waals surface area contributed by atoms with Gasteiger partial charge in [0.05, 0.1) is 20.8 Å². The van der Waals surface area contributed by atoms with Crippen molar-refractivity contribution >= 4 is 5.91 Å². The van der Waals surface area contributed by atoms with E-state index in [1.54, 1.807) is 14.2 Å². The highest BCUT2D eigenvalue weighted by Crippen LogP contribution is 2.48. The van der Waals surface area contributed by atoms with Gasteiger partial charge in [-0.3, -0.25) is 9.63 Å². The number of fused-ring (bicyclic) bond motifs is 3. The largest absolute Gasteiger partial charge is 0.497 e. The van der Waals surface area contributed by atoms with Crippen LogP contribution in [0.1, 0.15) is 36.8 Å². The molecule has 0 radical (unpaired) electrons. The van der Waals surface area contributed by atoms with Gasteiger partial charge in [-0.1, -0.05) is 12.1 Å². The van der Waals surface area contributed by atoms with E-state index in [2.05, 4.69) is 29.7 Å². The zero-order chi connectivity index (χ0) is 17.8. The van der Waals surface area contributed by atoms with E-state index in [-0.39, 0.29) is 11.8 Å². The fourth-order valence-electron chi connectivity index (χ4n) is 3.39. The van der Waals surface area contributed by atoms with Crippen molar-refractivity contribution in [3.05, 3.63) is 47.5 Å². The molecule has 1 N–H and O–H groups in total. The molecule has 0 saturated carbocycles. The minimum Gasteiger partial charge on any atom is -0.497 e. The molecule has 0 heterocycles. The molecule has 132 valence electrons. The van der Waals surface area contributed by atoms with E-state index in [1.165, 1.54) is 29.2 Å². The maximum Gasteiger partial charge on any atom is 0.240 e. The Morgan fingerprint density at radius 3 is 2.04 bits per heavy atom. The number of ether oxygens (including phenoxy) is 2. The summed E-state index contributed by atoms with van der Waals surface area (Å²) < 4.78 is 10.8. The second-order valence-electron chi connectivity index (χ2n) is 6.11. The maximum atomic E-state index is 10.9. The summed E-state index contributed by atoms with van der Waals surface area (Å²) in [4.78, 5) is 16.0. The minimum atomic E-state index is -0.189. The first-order chi connectivity index (χ1) is 12.1. The first-order valence-electron chi connectivity index (χ1n) is 8.38. The highest BCUT2D eigenvalue weighted by atomic mass is 16.6. The van der Waals surface area contributed by atoms with Gasteiger partial charge in [-0.05, 0) is 59.4 Å². The molecule has 0 spiro atoms. The van der Waals surface area contributed by atoms with Gasteiger partial charge in [-0.2, -0.15) is 0 Å². The number of methoxy groups -OCH3 is 2. The van der Waals surface area contributed by atoms with Crippen LogP contribution >= 0.6 is 0 Å². The van der Waals surface area contributed by atoms with Crippen LogP contribution in [0.4, 0.5) is 0 Å². The van der Waals surface area contributed by atoms with Gasteiger partial charge in [0.25, 0.3) is 0 Å². The molecule has 0 aliphatic heterocycles. The van der Waals surface area contributed by atoms with E-state index in [1.807, 2.05) is 12.1 Å². The summed E-state index contributed by atoms with van der Waals surface area (Å²) in [6.07, 6.45) is 1.75. The lowest BCUT2D eigenvalue weighted by molar-refractivity contribution is -0.131. The number of hydroxylamine groups is 1. The third-order valence-electron chi connectivity index (χ3n) is 4.51. The van der Waals surface area contributed by atoms with Gasteiger partial charge in [-0.25, -0.2) is 5.48 Å². The number of carbonyl (C=O) groups is 1. The minimum absolute atomic E-state index is 0.189. The molecule has 5 heteroatoms. The average molecular weight is 341 g/mol. The zero-order valence-electron chi connectivity index (χ0n) is 14.8. The Morgan fingerprint density at radius 2 is 1.56 bits per heavy atom. The standard InChI is InChI=1S/C20H23NO4/c1-13(22)21-25-10-4-5-16-19-11-14(23-2)6-8-17(19)18-9-7-15(24-3)12-20(16)18/h6-9,11-12,16H,4-5,10H2,1-3H3,(H,21,22). The van der Waals surface area contributed by atoms with Crippen LogP contribution in [0.5, 0.6) is 11.5 Å². The number of rotatable bonds is 7. The lowest BCUT2D eigenvalue weighted by Crippen LogP contribution is -2.20. The molecule has 0 atom stereocenters. The van der Waals surface area contributed by atoms with Gasteiger partial charge < -0.3 is 9.47 Å². The zero-order valence-corrected chi connectivity index (χ0v) is 14.8. The molecule has 5 nitrogen and oxygen atoms in total. The van der Waals surface area contributed by atoms with E-state index in [4.69, 9.17) is 14.3 Å². The molecule has 0 bridgehead atoms. The molecule has 1 amide bonds. The predicted molar refractivity (Wildman–Crippen MR) is 95.8 cm³/mol. The van der Waals surface area contributed by atoms with Crippen LogP contribution in [0.25, 0.3) is 11.1 Å². The Morgan fingerprint density at radius 1 is 1.00 bits per heavy atom. The Labute approximate surface area is 147 Å². The molecule has 0 unspecified atom stereocenters. The molecule has 25 heavy (non-hydrogen) atoms. The predicted octanol–water partition coefficient (Wildman–Crippen LogP) is 3.66. The number of nitrogens with one attached hydrogen (secondary N) is 1. The second-order valence-corrected chi connectivity index (χ2v) is 6.11. The quantitative estimate of drug-likeness (QED) is 0.617. The Balaban J connectivity index is 1.84. The maximum absolute atomic E-state index is 10.9. The third kappa shape index (κ3) is 3.61. The molecule has 1 aliphatic rings. The van der Waals surface area contributed by atoms with E-state index in [0.29, 0.717) is 6.61 Å². The van der Waals surface area contributed by atoms with Crippen molar-refractivity contribution in [1.29, 1.82) is 0 Å². The van der Waals surface area contributed by atoms with Crippen LogP contribution < -0.4 is 15.0 Å². The smallest absolute Gasteiger partial charge is 0.240 e. The van der Waals surface area contributed by atoms with Crippen molar-refractivity contribution in [2.45, 2.75) is 25.7 Å². The van der Waals surface area contributed by atoms with E-state index < -0.39 is 0 Å². The number of hydrogen-bond acceptors (Lipinski definition) is 4. The van der Waals surface area contributed by atoms with Gasteiger partial charge in [0.2, 0.25) is 5.91 Å². The van der Waals surface area contributed by atoms with Crippen molar-refractivity contribution in [2.75, 3.05) is 20.8 Å². The molecule has 1 aliphatic carbocycles. The fourth-order valence-corrected chi connectivity index (χ4v) is 3.39. The summed E-state index contributed by atoms with van der Waals surface area (Å²) in [6, 6.07) is 12.5. The summed E-state index contributed by atoms with van der Waals surface area (Å²) in [5, 5.41) is 0. The lowest BCUT2D eigenvalue weighted by Gasteiger charge is -2.15. The van der Waals surface area contributed by atoms with Gasteiger partial charge >= 0.3 is 0 Å². The fraction of sp³-hybridized carbons (Fsp3) is 0.350. The van der Waals surface area contributed by atoms with Crippen LogP contribution in [-0.2, 0) is 9.63 Å². The molecule has 2 aromatic rings. The highest BCUT2D eigenvalue weighted by Gasteiger charge is 2.29. The SMILES string of the molecule is COc1ccc2c(c1)C(CCCONC(C)=O)c1cc(OC)ccc1-2. The Bertz CT molecular complexity index is 719. The van der Waals surface area contributed by atoms with Crippen molar-refractivity contribution in [3.8, 4) is 22.6 Å². The summed E-state index contributed by atoms with van der Waals surface area (Å²) in [5.41, 5.74) is 7.38. The van der Waals surface area contributed by atoms with E-state index in [0.717, 1.165) is 24.3 Å². The summed E-state index contributed by atoms with van der Waals surface area (Å²) in [6.45, 7) is 1.91. The van der Waals surface area contributed by atoms with Crippen LogP contribution in [-0.4, -0.2) is 26.7 Å². The molecule has 0 aromatic heterocycles. The van der Waals surface area contributed by atoms with Crippen molar-refractivity contribution in [3.63, 3.8) is 0 Å². The van der Waals surface area contributed by atoms with Crippen molar-refractivity contribution in [2.24, 2.45) is 0 Å². The van der Waals surface area contributed by atoms with Crippen LogP contribution in [0.3, 0.4) is 0 Å². The lowest BCUT2D eigenvalue weighted by atomic mass is 9.92. The molecular weight excluding hydrogens is 318 g/mol.